The van der Waals surface area contributed by atoms with Crippen LogP contribution < -0.4 is 5.32 Å². The summed E-state index contributed by atoms with van der Waals surface area (Å²) in [5, 5.41) is 11.5. The highest BCUT2D eigenvalue weighted by Gasteiger charge is 2.30. The van der Waals surface area contributed by atoms with Crippen molar-refractivity contribution >= 4 is 15.8 Å². The van der Waals surface area contributed by atoms with Gasteiger partial charge in [-0.3, -0.25) is 4.79 Å². The number of hydrogen-bond donors (Lipinski definition) is 2. The van der Waals surface area contributed by atoms with Crippen molar-refractivity contribution in [2.45, 2.75) is 23.8 Å². The van der Waals surface area contributed by atoms with E-state index in [2.05, 4.69) is 5.32 Å². The molecule has 0 aromatic heterocycles. The molecule has 0 amide bonds. The molecular formula is C12H14FNO4S. The first-order chi connectivity index (χ1) is 8.90. The Balaban J connectivity index is 2.25. The predicted octanol–water partition coefficient (Wildman–Crippen LogP) is 1.11. The number of aliphatic carboxylic acids is 1. The molecule has 0 saturated carbocycles. The van der Waals surface area contributed by atoms with Gasteiger partial charge in [-0.15, -0.1) is 0 Å². The first-order valence-corrected chi connectivity index (χ1v) is 7.53. The fourth-order valence-corrected chi connectivity index (χ4v) is 3.78. The molecule has 0 aliphatic carbocycles. The number of fused-ring (bicyclic) bond motifs is 1. The average Bonchev–Trinajstić information content (AvgIpc) is 2.31. The molecule has 1 aliphatic heterocycles. The summed E-state index contributed by atoms with van der Waals surface area (Å²) >= 11 is 0. The summed E-state index contributed by atoms with van der Waals surface area (Å²) < 4.78 is 37.0. The molecule has 2 N–H and O–H groups in total. The summed E-state index contributed by atoms with van der Waals surface area (Å²) in [7, 11) is -3.36. The van der Waals surface area contributed by atoms with Gasteiger partial charge in [0.1, 0.15) is 5.82 Å². The molecule has 0 bridgehead atoms. The molecule has 7 heteroatoms. The maximum atomic E-state index is 13.3. The lowest BCUT2D eigenvalue weighted by Crippen LogP contribution is -2.31. The van der Waals surface area contributed by atoms with E-state index in [0.29, 0.717) is 12.0 Å². The van der Waals surface area contributed by atoms with Gasteiger partial charge < -0.3 is 10.4 Å². The van der Waals surface area contributed by atoms with Gasteiger partial charge in [0, 0.05) is 12.6 Å². The number of sulfone groups is 1. The first-order valence-electron chi connectivity index (χ1n) is 5.87. The lowest BCUT2D eigenvalue weighted by atomic mass is 10.0. The van der Waals surface area contributed by atoms with E-state index in [4.69, 9.17) is 5.11 Å². The molecule has 1 aliphatic rings. The Morgan fingerprint density at radius 3 is 2.89 bits per heavy atom. The van der Waals surface area contributed by atoms with Crippen molar-refractivity contribution in [3.05, 3.63) is 29.6 Å². The Morgan fingerprint density at radius 1 is 1.47 bits per heavy atom. The molecule has 0 radical (unpaired) electrons. The summed E-state index contributed by atoms with van der Waals surface area (Å²) in [4.78, 5) is 10.6. The van der Waals surface area contributed by atoms with Gasteiger partial charge in [0.15, 0.2) is 9.84 Å². The zero-order valence-electron chi connectivity index (χ0n) is 10.1. The highest BCUT2D eigenvalue weighted by Crippen LogP contribution is 2.32. The average molecular weight is 287 g/mol. The van der Waals surface area contributed by atoms with Crippen molar-refractivity contribution in [2.24, 2.45) is 0 Å². The normalized spacial score (nSPS) is 20.8. The van der Waals surface area contributed by atoms with Crippen molar-refractivity contribution in [1.82, 2.24) is 5.32 Å². The van der Waals surface area contributed by atoms with Crippen LogP contribution in [0, 0.1) is 5.82 Å². The second kappa shape index (κ2) is 5.26. The predicted molar refractivity (Wildman–Crippen MR) is 66.1 cm³/mol. The number of rotatable bonds is 4. The van der Waals surface area contributed by atoms with E-state index in [9.17, 15) is 17.6 Å². The van der Waals surface area contributed by atoms with Crippen LogP contribution in [0.5, 0.6) is 0 Å². The SMILES string of the molecule is O=C(O)CCNC1CCS(=O)(=O)c2ccc(F)cc21. The number of carbonyl (C=O) groups is 1. The van der Waals surface area contributed by atoms with Crippen LogP contribution in [0.1, 0.15) is 24.4 Å². The molecule has 1 aromatic rings. The molecule has 5 nitrogen and oxygen atoms in total. The summed E-state index contributed by atoms with van der Waals surface area (Å²) in [6, 6.07) is 3.26. The highest BCUT2D eigenvalue weighted by atomic mass is 32.2. The van der Waals surface area contributed by atoms with E-state index >= 15 is 0 Å². The van der Waals surface area contributed by atoms with Gasteiger partial charge >= 0.3 is 5.97 Å². The van der Waals surface area contributed by atoms with Gasteiger partial charge in [-0.05, 0) is 30.2 Å². The maximum Gasteiger partial charge on any atom is 0.304 e. The molecule has 0 fully saturated rings. The second-order valence-corrected chi connectivity index (χ2v) is 6.52. The largest absolute Gasteiger partial charge is 0.481 e. The van der Waals surface area contributed by atoms with E-state index < -0.39 is 21.6 Å². The number of carboxylic acid groups (broad SMARTS) is 1. The van der Waals surface area contributed by atoms with Gasteiger partial charge in [0.2, 0.25) is 0 Å². The topological polar surface area (TPSA) is 83.5 Å². The van der Waals surface area contributed by atoms with Crippen molar-refractivity contribution in [3.63, 3.8) is 0 Å². The lowest BCUT2D eigenvalue weighted by molar-refractivity contribution is -0.136. The summed E-state index contributed by atoms with van der Waals surface area (Å²) in [6.45, 7) is 0.218. The van der Waals surface area contributed by atoms with Gasteiger partial charge in [0.25, 0.3) is 0 Å². The third kappa shape index (κ3) is 3.10. The van der Waals surface area contributed by atoms with Crippen molar-refractivity contribution in [1.29, 1.82) is 0 Å². The van der Waals surface area contributed by atoms with Gasteiger partial charge in [-0.2, -0.15) is 0 Å². The van der Waals surface area contributed by atoms with Crippen LogP contribution >= 0.6 is 0 Å². The third-order valence-corrected chi connectivity index (χ3v) is 4.90. The fraction of sp³-hybridized carbons (Fsp3) is 0.417. The zero-order valence-corrected chi connectivity index (χ0v) is 10.9. The quantitative estimate of drug-likeness (QED) is 0.810. The van der Waals surface area contributed by atoms with Crippen LogP contribution in [0.2, 0.25) is 0 Å². The number of carboxylic acids is 1. The minimum Gasteiger partial charge on any atom is -0.481 e. The lowest BCUT2D eigenvalue weighted by Gasteiger charge is -2.26. The second-order valence-electron chi connectivity index (χ2n) is 4.44. The van der Waals surface area contributed by atoms with E-state index in [-0.39, 0.29) is 29.7 Å². The zero-order chi connectivity index (χ0) is 14.0. The van der Waals surface area contributed by atoms with E-state index in [1.165, 1.54) is 12.1 Å². The molecule has 0 spiro atoms. The van der Waals surface area contributed by atoms with Crippen molar-refractivity contribution < 1.29 is 22.7 Å². The Bertz CT molecular complexity index is 600. The number of benzene rings is 1. The molecule has 0 saturated heterocycles. The van der Waals surface area contributed by atoms with Gasteiger partial charge in [-0.25, -0.2) is 12.8 Å². The Kier molecular flexibility index (Phi) is 3.86. The Hall–Kier alpha value is -1.47. The number of nitrogens with one attached hydrogen (secondary N) is 1. The van der Waals surface area contributed by atoms with Crippen LogP contribution in [0.4, 0.5) is 4.39 Å². The molecule has 1 aromatic carbocycles. The van der Waals surface area contributed by atoms with Gasteiger partial charge in [0.05, 0.1) is 17.1 Å². The standard InChI is InChI=1S/C12H14FNO4S/c13-8-1-2-11-9(7-8)10(4-6-19(11,17)18)14-5-3-12(15)16/h1-2,7,10,14H,3-6H2,(H,15,16). The molecule has 104 valence electrons. The summed E-state index contributed by atoms with van der Waals surface area (Å²) in [6.07, 6.45) is 0.256. The van der Waals surface area contributed by atoms with Gasteiger partial charge in [-0.1, -0.05) is 0 Å². The smallest absolute Gasteiger partial charge is 0.304 e. The van der Waals surface area contributed by atoms with E-state index in [1.807, 2.05) is 0 Å². The van der Waals surface area contributed by atoms with Crippen LogP contribution in [0.15, 0.2) is 23.1 Å². The molecule has 2 rings (SSSR count). The van der Waals surface area contributed by atoms with E-state index in [0.717, 1.165) is 6.07 Å². The minimum atomic E-state index is -3.36. The third-order valence-electron chi connectivity index (χ3n) is 3.09. The molecule has 1 unspecified atom stereocenters. The summed E-state index contributed by atoms with van der Waals surface area (Å²) in [5.74, 6) is -1.45. The van der Waals surface area contributed by atoms with Crippen LogP contribution in [0.25, 0.3) is 0 Å². The van der Waals surface area contributed by atoms with Crippen LogP contribution in [0.3, 0.4) is 0 Å². The monoisotopic (exact) mass is 287 g/mol. The van der Waals surface area contributed by atoms with Crippen LogP contribution in [-0.2, 0) is 14.6 Å². The van der Waals surface area contributed by atoms with Crippen molar-refractivity contribution in [2.75, 3.05) is 12.3 Å². The maximum absolute atomic E-state index is 13.3. The molecular weight excluding hydrogens is 273 g/mol. The van der Waals surface area contributed by atoms with Crippen LogP contribution in [-0.4, -0.2) is 31.8 Å². The first kappa shape index (κ1) is 14.0. The molecule has 19 heavy (non-hydrogen) atoms. The molecule has 1 atom stereocenters. The highest BCUT2D eigenvalue weighted by molar-refractivity contribution is 7.91. The summed E-state index contributed by atoms with van der Waals surface area (Å²) in [5.41, 5.74) is 0.386. The molecule has 1 heterocycles. The Morgan fingerprint density at radius 2 is 2.21 bits per heavy atom. The number of hydrogen-bond acceptors (Lipinski definition) is 4. The van der Waals surface area contributed by atoms with E-state index in [1.54, 1.807) is 0 Å². The Labute approximate surface area is 110 Å². The fourth-order valence-electron chi connectivity index (χ4n) is 2.18. The van der Waals surface area contributed by atoms with Crippen molar-refractivity contribution in [3.8, 4) is 0 Å². The number of halogens is 1. The minimum absolute atomic E-state index is 0.0175.